The van der Waals surface area contributed by atoms with Gasteiger partial charge < -0.3 is 10.0 Å². The van der Waals surface area contributed by atoms with Crippen LogP contribution in [0.1, 0.15) is 11.1 Å². The smallest absolute Gasteiger partial charge is 0.416 e. The van der Waals surface area contributed by atoms with Crippen LogP contribution < -0.4 is 4.90 Å². The first-order valence-corrected chi connectivity index (χ1v) is 10.3. The number of aromatic hydroxyl groups is 1. The number of nitro benzene ring substituents is 1. The van der Waals surface area contributed by atoms with Crippen LogP contribution in [-0.2, 0) is 16.2 Å². The predicted octanol–water partition coefficient (Wildman–Crippen LogP) is 3.14. The molecule has 1 heterocycles. The molecule has 2 aromatic carbocycles. The van der Waals surface area contributed by atoms with Crippen LogP contribution in [0.5, 0.6) is 5.75 Å². The first kappa shape index (κ1) is 21.8. The molecule has 2 aromatic rings. The van der Waals surface area contributed by atoms with Gasteiger partial charge in [0.05, 0.1) is 10.5 Å². The van der Waals surface area contributed by atoms with E-state index in [9.17, 15) is 36.8 Å². The minimum atomic E-state index is -4.72. The zero-order valence-corrected chi connectivity index (χ0v) is 16.6. The number of benzene rings is 2. The third-order valence-corrected chi connectivity index (χ3v) is 6.74. The van der Waals surface area contributed by atoms with E-state index in [2.05, 4.69) is 0 Å². The Labute approximate surface area is 170 Å². The van der Waals surface area contributed by atoms with E-state index in [0.717, 1.165) is 16.4 Å². The summed E-state index contributed by atoms with van der Waals surface area (Å²) in [6, 6.07) is 6.45. The molecular formula is C18H18F3N3O5S. The number of piperazine rings is 1. The Bertz CT molecular complexity index is 1080. The summed E-state index contributed by atoms with van der Waals surface area (Å²) in [5.74, 6) is -0.388. The Morgan fingerprint density at radius 1 is 1.07 bits per heavy atom. The number of sulfonamides is 1. The lowest BCUT2D eigenvalue weighted by Crippen LogP contribution is -2.48. The zero-order valence-electron chi connectivity index (χ0n) is 15.8. The summed E-state index contributed by atoms with van der Waals surface area (Å²) in [5, 5.41) is 21.2. The fourth-order valence-corrected chi connectivity index (χ4v) is 4.84. The van der Waals surface area contributed by atoms with Crippen molar-refractivity contribution in [3.8, 4) is 5.75 Å². The highest BCUT2D eigenvalue weighted by Crippen LogP contribution is 2.37. The largest absolute Gasteiger partial charge is 0.507 e. The third kappa shape index (κ3) is 4.19. The number of rotatable bonds is 4. The molecule has 0 aliphatic carbocycles. The van der Waals surface area contributed by atoms with Gasteiger partial charge in [0.1, 0.15) is 16.3 Å². The summed E-state index contributed by atoms with van der Waals surface area (Å²) < 4.78 is 65.5. The van der Waals surface area contributed by atoms with E-state index in [1.807, 2.05) is 0 Å². The molecular weight excluding hydrogens is 427 g/mol. The number of nitro groups is 1. The molecule has 12 heteroatoms. The monoisotopic (exact) mass is 445 g/mol. The Kier molecular flexibility index (Phi) is 5.65. The molecule has 1 N–H and O–H groups in total. The summed E-state index contributed by atoms with van der Waals surface area (Å²) in [4.78, 5) is 11.6. The van der Waals surface area contributed by atoms with Gasteiger partial charge in [-0.05, 0) is 36.8 Å². The molecule has 0 atom stereocenters. The van der Waals surface area contributed by atoms with E-state index in [-0.39, 0.29) is 42.5 Å². The van der Waals surface area contributed by atoms with E-state index in [4.69, 9.17) is 0 Å². The highest BCUT2D eigenvalue weighted by Gasteiger charge is 2.35. The molecule has 0 unspecified atom stereocenters. The third-order valence-electron chi connectivity index (χ3n) is 4.81. The Morgan fingerprint density at radius 2 is 1.70 bits per heavy atom. The second kappa shape index (κ2) is 7.76. The number of phenols is 1. The summed E-state index contributed by atoms with van der Waals surface area (Å²) in [6.45, 7) is 1.66. The molecule has 1 aliphatic rings. The van der Waals surface area contributed by atoms with Gasteiger partial charge in [0.25, 0.3) is 5.69 Å². The van der Waals surface area contributed by atoms with Crippen LogP contribution in [0.2, 0.25) is 0 Å². The molecule has 30 heavy (non-hydrogen) atoms. The quantitative estimate of drug-likeness (QED) is 0.573. The SMILES string of the molecule is Cc1ccc(O)c(S(=O)(=O)N2CCN(c3ccc(C(F)(F)F)cc3[N+](=O)[O-])CC2)c1. The van der Waals surface area contributed by atoms with Crippen molar-refractivity contribution in [1.82, 2.24) is 4.31 Å². The first-order valence-electron chi connectivity index (χ1n) is 8.81. The van der Waals surface area contributed by atoms with Crippen molar-refractivity contribution in [1.29, 1.82) is 0 Å². The summed E-state index contributed by atoms with van der Waals surface area (Å²) >= 11 is 0. The number of alkyl halides is 3. The summed E-state index contributed by atoms with van der Waals surface area (Å²) in [5.41, 5.74) is -1.19. The minimum absolute atomic E-state index is 0.0107. The topological polar surface area (TPSA) is 104 Å². The minimum Gasteiger partial charge on any atom is -0.507 e. The van der Waals surface area contributed by atoms with Crippen LogP contribution in [0.4, 0.5) is 24.5 Å². The van der Waals surface area contributed by atoms with Crippen molar-refractivity contribution < 1.29 is 31.6 Å². The second-order valence-electron chi connectivity index (χ2n) is 6.82. The van der Waals surface area contributed by atoms with Crippen molar-refractivity contribution in [3.05, 3.63) is 57.6 Å². The van der Waals surface area contributed by atoms with Crippen molar-refractivity contribution in [3.63, 3.8) is 0 Å². The van der Waals surface area contributed by atoms with Gasteiger partial charge in [-0.2, -0.15) is 17.5 Å². The fraction of sp³-hybridized carbons (Fsp3) is 0.333. The maximum absolute atomic E-state index is 12.9. The average molecular weight is 445 g/mol. The highest BCUT2D eigenvalue weighted by atomic mass is 32.2. The van der Waals surface area contributed by atoms with Gasteiger partial charge in [0, 0.05) is 32.2 Å². The molecule has 1 aliphatic heterocycles. The van der Waals surface area contributed by atoms with E-state index in [0.29, 0.717) is 11.6 Å². The van der Waals surface area contributed by atoms with Gasteiger partial charge in [-0.1, -0.05) is 6.07 Å². The normalized spacial score (nSPS) is 15.9. The van der Waals surface area contributed by atoms with Crippen molar-refractivity contribution in [2.24, 2.45) is 0 Å². The number of anilines is 1. The molecule has 0 bridgehead atoms. The fourth-order valence-electron chi connectivity index (χ4n) is 3.25. The molecule has 1 fully saturated rings. The number of halogens is 3. The number of hydrogen-bond acceptors (Lipinski definition) is 6. The number of aryl methyl sites for hydroxylation is 1. The van der Waals surface area contributed by atoms with Gasteiger partial charge in [-0.15, -0.1) is 0 Å². The van der Waals surface area contributed by atoms with E-state index in [1.54, 1.807) is 13.0 Å². The molecule has 0 saturated carbocycles. The molecule has 0 aromatic heterocycles. The van der Waals surface area contributed by atoms with Crippen LogP contribution in [-0.4, -0.2) is 48.9 Å². The number of hydrogen-bond donors (Lipinski definition) is 1. The molecule has 0 radical (unpaired) electrons. The van der Waals surface area contributed by atoms with Crippen LogP contribution >= 0.6 is 0 Å². The molecule has 8 nitrogen and oxygen atoms in total. The van der Waals surface area contributed by atoms with Gasteiger partial charge in [-0.3, -0.25) is 10.1 Å². The van der Waals surface area contributed by atoms with Crippen LogP contribution in [0.15, 0.2) is 41.3 Å². The number of nitrogens with zero attached hydrogens (tertiary/aromatic N) is 3. The maximum atomic E-state index is 12.9. The molecule has 3 rings (SSSR count). The number of phenolic OH excluding ortho intramolecular Hbond substituents is 1. The average Bonchev–Trinajstić information content (AvgIpc) is 2.68. The van der Waals surface area contributed by atoms with Crippen molar-refractivity contribution >= 4 is 21.4 Å². The van der Waals surface area contributed by atoms with Crippen LogP contribution in [0.25, 0.3) is 0 Å². The van der Waals surface area contributed by atoms with Gasteiger partial charge in [0.15, 0.2) is 0 Å². The summed E-state index contributed by atoms with van der Waals surface area (Å²) in [7, 11) is -4.00. The predicted molar refractivity (Wildman–Crippen MR) is 102 cm³/mol. The lowest BCUT2D eigenvalue weighted by molar-refractivity contribution is -0.384. The van der Waals surface area contributed by atoms with Gasteiger partial charge >= 0.3 is 6.18 Å². The Balaban J connectivity index is 1.83. The van der Waals surface area contributed by atoms with Crippen molar-refractivity contribution in [2.45, 2.75) is 18.0 Å². The van der Waals surface area contributed by atoms with E-state index < -0.39 is 32.4 Å². The molecule has 1 saturated heterocycles. The molecule has 162 valence electrons. The lowest BCUT2D eigenvalue weighted by Gasteiger charge is -2.35. The maximum Gasteiger partial charge on any atom is 0.416 e. The Morgan fingerprint density at radius 3 is 2.27 bits per heavy atom. The van der Waals surface area contributed by atoms with E-state index >= 15 is 0 Å². The van der Waals surface area contributed by atoms with Crippen LogP contribution in [0, 0.1) is 17.0 Å². The Hall–Kier alpha value is -2.86. The van der Waals surface area contributed by atoms with E-state index in [1.165, 1.54) is 17.0 Å². The highest BCUT2D eigenvalue weighted by molar-refractivity contribution is 7.89. The second-order valence-corrected chi connectivity index (χ2v) is 8.73. The molecule has 0 amide bonds. The van der Waals surface area contributed by atoms with Gasteiger partial charge in [0.2, 0.25) is 10.0 Å². The van der Waals surface area contributed by atoms with Crippen molar-refractivity contribution in [2.75, 3.05) is 31.1 Å². The van der Waals surface area contributed by atoms with Gasteiger partial charge in [-0.25, -0.2) is 8.42 Å². The zero-order chi connectivity index (χ0) is 22.3. The molecule has 0 spiro atoms. The lowest BCUT2D eigenvalue weighted by atomic mass is 10.1. The first-order chi connectivity index (χ1) is 13.9. The standard InChI is InChI=1S/C18H18F3N3O5S/c1-12-2-5-16(25)17(10-12)30(28,29)23-8-6-22(7-9-23)14-4-3-13(18(19,20)21)11-15(14)24(26)27/h2-5,10-11,25H,6-9H2,1H3. The summed E-state index contributed by atoms with van der Waals surface area (Å²) in [6.07, 6.45) is -4.72. The van der Waals surface area contributed by atoms with Crippen LogP contribution in [0.3, 0.4) is 0 Å².